The lowest BCUT2D eigenvalue weighted by atomic mass is 10.2. The Kier molecular flexibility index (Phi) is 6.05. The van der Waals surface area contributed by atoms with Gasteiger partial charge in [0.25, 0.3) is 0 Å². The van der Waals surface area contributed by atoms with E-state index in [1.807, 2.05) is 0 Å². The molecule has 0 saturated carbocycles. The molecule has 0 fully saturated rings. The minimum Gasteiger partial charge on any atom is -0.478 e. The van der Waals surface area contributed by atoms with Crippen molar-refractivity contribution in [1.82, 2.24) is 0 Å². The Morgan fingerprint density at radius 1 is 1.40 bits per heavy atom. The van der Waals surface area contributed by atoms with Crippen molar-refractivity contribution in [3.8, 4) is 0 Å². The summed E-state index contributed by atoms with van der Waals surface area (Å²) >= 11 is 0. The standard InChI is InChI=1S/C10H14O5/c1-7(9(11)12)6-8(2)10(13)15-5-4-14-3/h6H,2,4-5H2,1,3H3,(H,11,12). The molecule has 0 aromatic rings. The van der Waals surface area contributed by atoms with Crippen LogP contribution >= 0.6 is 0 Å². The van der Waals surface area contributed by atoms with Crippen molar-refractivity contribution in [3.63, 3.8) is 0 Å². The molecule has 84 valence electrons. The highest BCUT2D eigenvalue weighted by atomic mass is 16.6. The smallest absolute Gasteiger partial charge is 0.337 e. The van der Waals surface area contributed by atoms with Crippen LogP contribution in [0.25, 0.3) is 0 Å². The normalized spacial score (nSPS) is 10.9. The van der Waals surface area contributed by atoms with Gasteiger partial charge in [0.2, 0.25) is 0 Å². The highest BCUT2D eigenvalue weighted by Crippen LogP contribution is 2.02. The largest absolute Gasteiger partial charge is 0.478 e. The molecule has 0 bridgehead atoms. The fourth-order valence-electron chi connectivity index (χ4n) is 0.692. The van der Waals surface area contributed by atoms with E-state index in [0.29, 0.717) is 6.61 Å². The van der Waals surface area contributed by atoms with Gasteiger partial charge in [0.15, 0.2) is 0 Å². The number of ether oxygens (including phenoxy) is 2. The molecule has 5 nitrogen and oxygen atoms in total. The summed E-state index contributed by atoms with van der Waals surface area (Å²) in [6.45, 7) is 5.18. The highest BCUT2D eigenvalue weighted by Gasteiger charge is 2.08. The molecule has 0 aromatic heterocycles. The first-order valence-corrected chi connectivity index (χ1v) is 4.25. The summed E-state index contributed by atoms with van der Waals surface area (Å²) < 4.78 is 9.40. The van der Waals surface area contributed by atoms with E-state index in [1.165, 1.54) is 14.0 Å². The third kappa shape index (κ3) is 5.64. The molecule has 0 aliphatic heterocycles. The number of aliphatic carboxylic acids is 1. The number of esters is 1. The second-order valence-corrected chi connectivity index (χ2v) is 2.79. The molecule has 0 saturated heterocycles. The average Bonchev–Trinajstić information content (AvgIpc) is 2.17. The fraction of sp³-hybridized carbons (Fsp3) is 0.400. The topological polar surface area (TPSA) is 72.8 Å². The van der Waals surface area contributed by atoms with E-state index in [0.717, 1.165) is 6.08 Å². The Morgan fingerprint density at radius 3 is 2.47 bits per heavy atom. The monoisotopic (exact) mass is 214 g/mol. The molecule has 0 aromatic carbocycles. The van der Waals surface area contributed by atoms with E-state index in [-0.39, 0.29) is 17.8 Å². The molecule has 15 heavy (non-hydrogen) atoms. The lowest BCUT2D eigenvalue weighted by Crippen LogP contribution is -2.11. The Morgan fingerprint density at radius 2 is 2.00 bits per heavy atom. The molecule has 0 aliphatic carbocycles. The van der Waals surface area contributed by atoms with Crippen LogP contribution in [0.1, 0.15) is 6.92 Å². The maximum Gasteiger partial charge on any atom is 0.337 e. The summed E-state index contributed by atoms with van der Waals surface area (Å²) in [5, 5.41) is 8.55. The van der Waals surface area contributed by atoms with Gasteiger partial charge in [-0.2, -0.15) is 0 Å². The zero-order valence-electron chi connectivity index (χ0n) is 8.78. The molecule has 0 amide bonds. The van der Waals surface area contributed by atoms with Crippen molar-refractivity contribution in [2.24, 2.45) is 0 Å². The van der Waals surface area contributed by atoms with Crippen molar-refractivity contribution in [2.45, 2.75) is 6.92 Å². The molecule has 0 radical (unpaired) electrons. The van der Waals surface area contributed by atoms with Gasteiger partial charge in [0.05, 0.1) is 12.2 Å². The number of carboxylic acid groups (broad SMARTS) is 1. The lowest BCUT2D eigenvalue weighted by molar-refractivity contribution is -0.139. The Bertz CT molecular complexity index is 290. The molecule has 0 heterocycles. The highest BCUT2D eigenvalue weighted by molar-refractivity contribution is 5.94. The fourth-order valence-corrected chi connectivity index (χ4v) is 0.692. The second-order valence-electron chi connectivity index (χ2n) is 2.79. The maximum absolute atomic E-state index is 11.2. The molecule has 0 atom stereocenters. The Hall–Kier alpha value is -1.62. The van der Waals surface area contributed by atoms with E-state index in [2.05, 4.69) is 11.3 Å². The summed E-state index contributed by atoms with van der Waals surface area (Å²) in [5.74, 6) is -1.74. The summed E-state index contributed by atoms with van der Waals surface area (Å²) in [5.41, 5.74) is 0.0368. The molecule has 0 rings (SSSR count). The molecular weight excluding hydrogens is 200 g/mol. The third-order valence-electron chi connectivity index (χ3n) is 1.51. The van der Waals surface area contributed by atoms with Crippen LogP contribution in [0.4, 0.5) is 0 Å². The van der Waals surface area contributed by atoms with Gasteiger partial charge < -0.3 is 14.6 Å². The van der Waals surface area contributed by atoms with Crippen LogP contribution < -0.4 is 0 Å². The molecule has 0 unspecified atom stereocenters. The molecular formula is C10H14O5. The van der Waals surface area contributed by atoms with Gasteiger partial charge in [-0.3, -0.25) is 0 Å². The molecule has 0 spiro atoms. The van der Waals surface area contributed by atoms with Crippen LogP contribution in [-0.2, 0) is 19.1 Å². The first kappa shape index (κ1) is 13.4. The van der Waals surface area contributed by atoms with Crippen LogP contribution in [0.2, 0.25) is 0 Å². The number of carboxylic acids is 1. The van der Waals surface area contributed by atoms with Crippen LogP contribution in [0.3, 0.4) is 0 Å². The second kappa shape index (κ2) is 6.78. The van der Waals surface area contributed by atoms with Gasteiger partial charge in [0, 0.05) is 12.7 Å². The minimum absolute atomic E-state index is 0.00556. The first-order chi connectivity index (χ1) is 6.99. The summed E-state index contributed by atoms with van der Waals surface area (Å²) in [6.07, 6.45) is 1.16. The number of hydrogen-bond acceptors (Lipinski definition) is 4. The Labute approximate surface area is 88.0 Å². The van der Waals surface area contributed by atoms with Crippen molar-refractivity contribution < 1.29 is 24.2 Å². The van der Waals surface area contributed by atoms with Gasteiger partial charge >= 0.3 is 11.9 Å². The van der Waals surface area contributed by atoms with E-state index in [9.17, 15) is 9.59 Å². The van der Waals surface area contributed by atoms with Gasteiger partial charge in [-0.05, 0) is 13.0 Å². The number of methoxy groups -OCH3 is 1. The van der Waals surface area contributed by atoms with Crippen LogP contribution in [0, 0.1) is 0 Å². The van der Waals surface area contributed by atoms with Crippen molar-refractivity contribution in [2.75, 3.05) is 20.3 Å². The van der Waals surface area contributed by atoms with Crippen molar-refractivity contribution in [3.05, 3.63) is 23.8 Å². The summed E-state index contributed by atoms with van der Waals surface area (Å²) in [6, 6.07) is 0. The van der Waals surface area contributed by atoms with Gasteiger partial charge in [-0.25, -0.2) is 9.59 Å². The SMILES string of the molecule is C=C(C=C(C)C(=O)O)C(=O)OCCOC. The van der Waals surface area contributed by atoms with Gasteiger partial charge in [-0.15, -0.1) is 0 Å². The molecule has 0 aliphatic rings. The van der Waals surface area contributed by atoms with E-state index in [1.54, 1.807) is 0 Å². The van der Waals surface area contributed by atoms with E-state index < -0.39 is 11.9 Å². The maximum atomic E-state index is 11.2. The summed E-state index contributed by atoms with van der Waals surface area (Å²) in [7, 11) is 1.48. The van der Waals surface area contributed by atoms with Crippen molar-refractivity contribution in [1.29, 1.82) is 0 Å². The average molecular weight is 214 g/mol. The quantitative estimate of drug-likeness (QED) is 0.306. The summed E-state index contributed by atoms with van der Waals surface area (Å²) in [4.78, 5) is 21.6. The predicted octanol–water partition coefficient (Wildman–Crippen LogP) is 0.763. The number of hydrogen-bond donors (Lipinski definition) is 1. The molecule has 1 N–H and O–H groups in total. The van der Waals surface area contributed by atoms with E-state index >= 15 is 0 Å². The lowest BCUT2D eigenvalue weighted by Gasteiger charge is -2.03. The van der Waals surface area contributed by atoms with Gasteiger partial charge in [0.1, 0.15) is 6.61 Å². The van der Waals surface area contributed by atoms with Crippen molar-refractivity contribution >= 4 is 11.9 Å². The minimum atomic E-state index is -1.10. The zero-order valence-corrected chi connectivity index (χ0v) is 8.78. The first-order valence-electron chi connectivity index (χ1n) is 4.25. The number of carbonyl (C=O) groups is 2. The zero-order chi connectivity index (χ0) is 11.8. The van der Waals surface area contributed by atoms with Gasteiger partial charge in [-0.1, -0.05) is 6.58 Å². The van der Waals surface area contributed by atoms with Crippen LogP contribution in [-0.4, -0.2) is 37.4 Å². The number of rotatable bonds is 6. The Balaban J connectivity index is 4.16. The molecule has 5 heteroatoms. The number of carbonyl (C=O) groups excluding carboxylic acids is 1. The third-order valence-corrected chi connectivity index (χ3v) is 1.51. The van der Waals surface area contributed by atoms with Crippen LogP contribution in [0.15, 0.2) is 23.8 Å². The van der Waals surface area contributed by atoms with E-state index in [4.69, 9.17) is 9.84 Å². The van der Waals surface area contributed by atoms with Crippen LogP contribution in [0.5, 0.6) is 0 Å². The predicted molar refractivity (Wildman–Crippen MR) is 53.4 cm³/mol.